The van der Waals surface area contributed by atoms with Crippen LogP contribution >= 0.6 is 0 Å². The van der Waals surface area contributed by atoms with Crippen LogP contribution in [0.25, 0.3) is 0 Å². The van der Waals surface area contributed by atoms with E-state index in [2.05, 4.69) is 5.32 Å². The van der Waals surface area contributed by atoms with Crippen LogP contribution in [0.3, 0.4) is 0 Å². The van der Waals surface area contributed by atoms with E-state index in [0.717, 1.165) is 25.3 Å². The summed E-state index contributed by atoms with van der Waals surface area (Å²) < 4.78 is 0. The van der Waals surface area contributed by atoms with Crippen LogP contribution in [0.1, 0.15) is 44.9 Å². The average molecular weight is 224 g/mol. The molecule has 3 N–H and O–H groups in total. The lowest BCUT2D eigenvalue weighted by molar-refractivity contribution is -0.126. The SMILES string of the molecule is NCC1CCCC1C(=O)NCCC1CCC1. The van der Waals surface area contributed by atoms with Gasteiger partial charge in [0.15, 0.2) is 0 Å². The minimum Gasteiger partial charge on any atom is -0.356 e. The molecule has 0 aliphatic heterocycles. The Bertz CT molecular complexity index is 238. The molecule has 0 radical (unpaired) electrons. The Kier molecular flexibility index (Phi) is 4.22. The molecule has 16 heavy (non-hydrogen) atoms. The Hall–Kier alpha value is -0.570. The minimum atomic E-state index is 0.200. The number of rotatable bonds is 5. The number of amides is 1. The highest BCUT2D eigenvalue weighted by atomic mass is 16.1. The van der Waals surface area contributed by atoms with Crippen molar-refractivity contribution >= 4 is 5.91 Å². The van der Waals surface area contributed by atoms with Crippen LogP contribution in [-0.4, -0.2) is 19.0 Å². The van der Waals surface area contributed by atoms with Gasteiger partial charge in [-0.2, -0.15) is 0 Å². The Morgan fingerprint density at radius 1 is 1.19 bits per heavy atom. The molecule has 0 aromatic heterocycles. The van der Waals surface area contributed by atoms with Crippen LogP contribution in [0.2, 0.25) is 0 Å². The summed E-state index contributed by atoms with van der Waals surface area (Å²) in [6.45, 7) is 1.54. The van der Waals surface area contributed by atoms with Gasteiger partial charge in [0.2, 0.25) is 5.91 Å². The second-order valence-corrected chi connectivity index (χ2v) is 5.41. The van der Waals surface area contributed by atoms with Gasteiger partial charge >= 0.3 is 0 Å². The molecule has 0 aromatic carbocycles. The second-order valence-electron chi connectivity index (χ2n) is 5.41. The molecular weight excluding hydrogens is 200 g/mol. The first-order valence-corrected chi connectivity index (χ1v) is 6.79. The fraction of sp³-hybridized carbons (Fsp3) is 0.923. The van der Waals surface area contributed by atoms with Gasteiger partial charge in [-0.15, -0.1) is 0 Å². The molecule has 2 unspecified atom stereocenters. The average Bonchev–Trinajstić information content (AvgIpc) is 2.69. The van der Waals surface area contributed by atoms with Crippen molar-refractivity contribution in [1.29, 1.82) is 0 Å². The predicted molar refractivity (Wildman–Crippen MR) is 64.9 cm³/mol. The standard InChI is InChI=1S/C13H24N2O/c14-9-11-5-2-6-12(11)13(16)15-8-7-10-3-1-4-10/h10-12H,1-9,14H2,(H,15,16). The number of nitrogens with two attached hydrogens (primary N) is 1. The van der Waals surface area contributed by atoms with Crippen LogP contribution in [0, 0.1) is 17.8 Å². The molecule has 3 nitrogen and oxygen atoms in total. The van der Waals surface area contributed by atoms with E-state index in [1.165, 1.54) is 32.1 Å². The van der Waals surface area contributed by atoms with Gasteiger partial charge in [0.25, 0.3) is 0 Å². The third-order valence-electron chi connectivity index (χ3n) is 4.38. The number of hydrogen-bond acceptors (Lipinski definition) is 2. The zero-order valence-electron chi connectivity index (χ0n) is 10.1. The van der Waals surface area contributed by atoms with E-state index >= 15 is 0 Å². The van der Waals surface area contributed by atoms with Gasteiger partial charge in [0.05, 0.1) is 0 Å². The van der Waals surface area contributed by atoms with Crippen molar-refractivity contribution in [3.8, 4) is 0 Å². The van der Waals surface area contributed by atoms with E-state index in [9.17, 15) is 4.79 Å². The summed E-state index contributed by atoms with van der Waals surface area (Å²) in [5.41, 5.74) is 5.69. The topological polar surface area (TPSA) is 55.1 Å². The summed E-state index contributed by atoms with van der Waals surface area (Å²) in [4.78, 5) is 11.9. The van der Waals surface area contributed by atoms with Gasteiger partial charge in [-0.25, -0.2) is 0 Å². The highest BCUT2D eigenvalue weighted by molar-refractivity contribution is 5.79. The van der Waals surface area contributed by atoms with Crippen LogP contribution < -0.4 is 11.1 Å². The molecule has 0 aromatic rings. The molecule has 2 fully saturated rings. The van der Waals surface area contributed by atoms with Gasteiger partial charge in [0.1, 0.15) is 0 Å². The first kappa shape index (κ1) is 11.9. The maximum Gasteiger partial charge on any atom is 0.223 e. The quantitative estimate of drug-likeness (QED) is 0.746. The smallest absolute Gasteiger partial charge is 0.223 e. The molecule has 2 atom stereocenters. The van der Waals surface area contributed by atoms with Crippen molar-refractivity contribution < 1.29 is 4.79 Å². The Morgan fingerprint density at radius 3 is 2.56 bits per heavy atom. The zero-order valence-corrected chi connectivity index (χ0v) is 10.1. The van der Waals surface area contributed by atoms with Gasteiger partial charge < -0.3 is 11.1 Å². The third kappa shape index (κ3) is 2.76. The van der Waals surface area contributed by atoms with Crippen molar-refractivity contribution in [1.82, 2.24) is 5.32 Å². The number of nitrogens with one attached hydrogen (secondary N) is 1. The van der Waals surface area contributed by atoms with Crippen LogP contribution in [-0.2, 0) is 4.79 Å². The van der Waals surface area contributed by atoms with E-state index < -0.39 is 0 Å². The summed E-state index contributed by atoms with van der Waals surface area (Å²) in [5, 5.41) is 3.09. The van der Waals surface area contributed by atoms with Crippen molar-refractivity contribution in [2.45, 2.75) is 44.9 Å². The van der Waals surface area contributed by atoms with E-state index in [0.29, 0.717) is 12.5 Å². The first-order valence-electron chi connectivity index (χ1n) is 6.79. The summed E-state index contributed by atoms with van der Waals surface area (Å²) in [5.74, 6) is 1.77. The largest absolute Gasteiger partial charge is 0.356 e. The molecule has 2 aliphatic carbocycles. The number of carbonyl (C=O) groups is 1. The molecule has 0 heterocycles. The molecule has 3 heteroatoms. The van der Waals surface area contributed by atoms with Crippen molar-refractivity contribution in [3.05, 3.63) is 0 Å². The molecule has 0 bridgehead atoms. The number of carbonyl (C=O) groups excluding carboxylic acids is 1. The summed E-state index contributed by atoms with van der Waals surface area (Å²) in [6, 6.07) is 0. The van der Waals surface area contributed by atoms with Gasteiger partial charge in [-0.05, 0) is 37.6 Å². The van der Waals surface area contributed by atoms with Crippen LogP contribution in [0.4, 0.5) is 0 Å². The summed E-state index contributed by atoms with van der Waals surface area (Å²) >= 11 is 0. The van der Waals surface area contributed by atoms with Crippen molar-refractivity contribution in [3.63, 3.8) is 0 Å². The predicted octanol–water partition coefficient (Wildman–Crippen LogP) is 1.67. The van der Waals surface area contributed by atoms with Crippen LogP contribution in [0.5, 0.6) is 0 Å². The number of hydrogen-bond donors (Lipinski definition) is 2. The lowest BCUT2D eigenvalue weighted by Crippen LogP contribution is -2.36. The Balaban J connectivity index is 1.66. The maximum atomic E-state index is 11.9. The van der Waals surface area contributed by atoms with Crippen molar-refractivity contribution in [2.75, 3.05) is 13.1 Å². The first-order chi connectivity index (χ1) is 7.81. The molecule has 2 aliphatic rings. The Labute approximate surface area is 98.2 Å². The maximum absolute atomic E-state index is 11.9. The molecule has 0 saturated heterocycles. The van der Waals surface area contributed by atoms with E-state index in [1.807, 2.05) is 0 Å². The minimum absolute atomic E-state index is 0.200. The normalized spacial score (nSPS) is 30.1. The Morgan fingerprint density at radius 2 is 1.94 bits per heavy atom. The molecule has 1 amide bonds. The van der Waals surface area contributed by atoms with E-state index in [4.69, 9.17) is 5.73 Å². The fourth-order valence-electron chi connectivity index (χ4n) is 2.98. The van der Waals surface area contributed by atoms with Gasteiger partial charge in [-0.1, -0.05) is 25.7 Å². The molecular formula is C13H24N2O. The molecule has 2 saturated carbocycles. The highest BCUT2D eigenvalue weighted by Crippen LogP contribution is 2.31. The molecule has 2 rings (SSSR count). The monoisotopic (exact) mass is 224 g/mol. The lowest BCUT2D eigenvalue weighted by atomic mass is 9.83. The molecule has 0 spiro atoms. The van der Waals surface area contributed by atoms with Crippen LogP contribution in [0.15, 0.2) is 0 Å². The summed E-state index contributed by atoms with van der Waals surface area (Å²) in [7, 11) is 0. The van der Waals surface area contributed by atoms with Gasteiger partial charge in [-0.3, -0.25) is 4.79 Å². The van der Waals surface area contributed by atoms with E-state index in [-0.39, 0.29) is 11.8 Å². The third-order valence-corrected chi connectivity index (χ3v) is 4.38. The lowest BCUT2D eigenvalue weighted by Gasteiger charge is -2.25. The highest BCUT2D eigenvalue weighted by Gasteiger charge is 2.31. The molecule has 92 valence electrons. The van der Waals surface area contributed by atoms with E-state index in [1.54, 1.807) is 0 Å². The second kappa shape index (κ2) is 5.67. The summed E-state index contributed by atoms with van der Waals surface area (Å²) in [6.07, 6.45) is 8.63. The van der Waals surface area contributed by atoms with Gasteiger partial charge in [0, 0.05) is 12.5 Å². The zero-order chi connectivity index (χ0) is 11.4. The van der Waals surface area contributed by atoms with Crippen molar-refractivity contribution in [2.24, 2.45) is 23.5 Å². The fourth-order valence-corrected chi connectivity index (χ4v) is 2.98.